The van der Waals surface area contributed by atoms with Crippen LogP contribution in [-0.2, 0) is 14.3 Å². The van der Waals surface area contributed by atoms with Gasteiger partial charge >= 0.3 is 0 Å². The van der Waals surface area contributed by atoms with Crippen LogP contribution in [0.15, 0.2) is 24.3 Å². The zero-order chi connectivity index (χ0) is 54.0. The van der Waals surface area contributed by atoms with Crippen LogP contribution in [0.25, 0.3) is 0 Å². The summed E-state index contributed by atoms with van der Waals surface area (Å²) >= 11 is 0. The predicted molar refractivity (Wildman–Crippen MR) is 307 cm³/mol. The lowest BCUT2D eigenvalue weighted by atomic mass is 9.98. The normalized spacial score (nSPS) is 19.9. The molecule has 0 bridgehead atoms. The van der Waals surface area contributed by atoms with Crippen molar-refractivity contribution in [2.24, 2.45) is 0 Å². The van der Waals surface area contributed by atoms with Gasteiger partial charge in [-0.3, -0.25) is 4.79 Å². The Kier molecular flexibility index (Phi) is 49.9. The fourth-order valence-corrected chi connectivity index (χ4v) is 10.4. The van der Waals surface area contributed by atoms with Crippen molar-refractivity contribution in [2.45, 2.75) is 358 Å². The Bertz CT molecular complexity index is 1250. The maximum absolute atomic E-state index is 13.2. The zero-order valence-corrected chi connectivity index (χ0v) is 48.1. The average molecular weight is 1050 g/mol. The van der Waals surface area contributed by atoms with E-state index in [9.17, 15) is 40.5 Å². The van der Waals surface area contributed by atoms with Gasteiger partial charge in [0.05, 0.1) is 25.4 Å². The summed E-state index contributed by atoms with van der Waals surface area (Å²) in [7, 11) is 0. The SMILES string of the molecule is CCCCC/C=C\C=C/CCCCCCCCCCCC(O)C(=O)NC(COC1OC(CO)C(O)C(O)C1O)C(O)C(O)CCCCCCCCCCCCCCCCCCCCCCCCCCCCCCC. The smallest absolute Gasteiger partial charge is 0.249 e. The summed E-state index contributed by atoms with van der Waals surface area (Å²) in [5.74, 6) is -0.697. The van der Waals surface area contributed by atoms with Crippen molar-refractivity contribution in [3.8, 4) is 0 Å². The molecule has 1 fully saturated rings. The lowest BCUT2D eigenvalue weighted by Gasteiger charge is -2.40. The number of allylic oxidation sites excluding steroid dienone is 4. The van der Waals surface area contributed by atoms with Crippen molar-refractivity contribution in [2.75, 3.05) is 13.2 Å². The van der Waals surface area contributed by atoms with Crippen LogP contribution < -0.4 is 5.32 Å². The number of ether oxygens (including phenoxy) is 2. The molecule has 1 aliphatic rings. The molecule has 8 N–H and O–H groups in total. The molecule has 0 radical (unpaired) electrons. The van der Waals surface area contributed by atoms with E-state index in [1.807, 2.05) is 0 Å². The summed E-state index contributed by atoms with van der Waals surface area (Å²) in [4.78, 5) is 13.2. The van der Waals surface area contributed by atoms with Gasteiger partial charge in [-0.25, -0.2) is 0 Å². The number of rotatable bonds is 55. The first-order valence-corrected chi connectivity index (χ1v) is 31.8. The van der Waals surface area contributed by atoms with Crippen LogP contribution in [0.4, 0.5) is 0 Å². The van der Waals surface area contributed by atoms with Crippen LogP contribution >= 0.6 is 0 Å². The molecule has 0 aliphatic carbocycles. The highest BCUT2D eigenvalue weighted by molar-refractivity contribution is 5.80. The molecule has 1 rings (SSSR count). The fourth-order valence-electron chi connectivity index (χ4n) is 10.4. The summed E-state index contributed by atoms with van der Waals surface area (Å²) in [6, 6.07) is -1.17. The molecule has 438 valence electrons. The molecule has 0 aromatic carbocycles. The maximum atomic E-state index is 13.2. The predicted octanol–water partition coefficient (Wildman–Crippen LogP) is 14.1. The molecular formula is C63H121NO10. The van der Waals surface area contributed by atoms with Crippen LogP contribution in [0.1, 0.15) is 303 Å². The topological polar surface area (TPSA) is 189 Å². The second-order valence-corrected chi connectivity index (χ2v) is 22.5. The fraction of sp³-hybridized carbons (Fsp3) is 0.921. The molecule has 0 spiro atoms. The number of carbonyl (C=O) groups excluding carboxylic acids is 1. The van der Waals surface area contributed by atoms with Crippen LogP contribution in [0, 0.1) is 0 Å². The first-order valence-electron chi connectivity index (χ1n) is 31.8. The highest BCUT2D eigenvalue weighted by Crippen LogP contribution is 2.24. The van der Waals surface area contributed by atoms with E-state index in [1.165, 1.54) is 218 Å². The maximum Gasteiger partial charge on any atom is 0.249 e. The molecule has 74 heavy (non-hydrogen) atoms. The number of carbonyl (C=O) groups is 1. The van der Waals surface area contributed by atoms with E-state index in [2.05, 4.69) is 43.5 Å². The Labute approximate surface area is 454 Å². The summed E-state index contributed by atoms with van der Waals surface area (Å²) in [6.45, 7) is 3.46. The molecule has 0 aromatic heterocycles. The van der Waals surface area contributed by atoms with Crippen LogP contribution in [0.2, 0.25) is 0 Å². The average Bonchev–Trinajstić information content (AvgIpc) is 3.40. The molecule has 1 saturated heterocycles. The van der Waals surface area contributed by atoms with Crippen LogP contribution in [0.5, 0.6) is 0 Å². The van der Waals surface area contributed by atoms with Gasteiger partial charge in [-0.1, -0.05) is 289 Å². The van der Waals surface area contributed by atoms with E-state index in [-0.39, 0.29) is 6.42 Å². The van der Waals surface area contributed by atoms with Gasteiger partial charge in [-0.15, -0.1) is 0 Å². The van der Waals surface area contributed by atoms with Gasteiger partial charge in [0.1, 0.15) is 36.6 Å². The third-order valence-corrected chi connectivity index (χ3v) is 15.5. The summed E-state index contributed by atoms with van der Waals surface area (Å²) in [5.41, 5.74) is 0. The lowest BCUT2D eigenvalue weighted by Crippen LogP contribution is -2.60. The van der Waals surface area contributed by atoms with E-state index >= 15 is 0 Å². The van der Waals surface area contributed by atoms with E-state index in [4.69, 9.17) is 9.47 Å². The first kappa shape index (κ1) is 70.6. The molecule has 11 nitrogen and oxygen atoms in total. The number of hydrogen-bond donors (Lipinski definition) is 8. The van der Waals surface area contributed by atoms with E-state index in [0.29, 0.717) is 19.3 Å². The molecule has 9 unspecified atom stereocenters. The van der Waals surface area contributed by atoms with Gasteiger partial charge in [-0.05, 0) is 38.5 Å². The number of hydrogen-bond acceptors (Lipinski definition) is 10. The van der Waals surface area contributed by atoms with Gasteiger partial charge < -0.3 is 50.5 Å². The Balaban J connectivity index is 2.23. The Morgan fingerprint density at radius 1 is 0.473 bits per heavy atom. The van der Waals surface area contributed by atoms with Crippen LogP contribution in [0.3, 0.4) is 0 Å². The Morgan fingerprint density at radius 3 is 1.20 bits per heavy atom. The summed E-state index contributed by atoms with van der Waals surface area (Å²) < 4.78 is 11.2. The monoisotopic (exact) mass is 1050 g/mol. The van der Waals surface area contributed by atoms with Gasteiger partial charge in [0.2, 0.25) is 5.91 Å². The third-order valence-electron chi connectivity index (χ3n) is 15.5. The number of amides is 1. The molecule has 0 aromatic rings. The van der Waals surface area contributed by atoms with E-state index in [1.54, 1.807) is 0 Å². The molecular weight excluding hydrogens is 931 g/mol. The zero-order valence-electron chi connectivity index (χ0n) is 48.1. The number of unbranched alkanes of at least 4 members (excludes halogenated alkanes) is 40. The molecule has 11 heteroatoms. The molecule has 0 saturated carbocycles. The number of aliphatic hydroxyl groups excluding tert-OH is 7. The number of aliphatic hydroxyl groups is 7. The minimum Gasteiger partial charge on any atom is -0.394 e. The highest BCUT2D eigenvalue weighted by atomic mass is 16.7. The quantitative estimate of drug-likeness (QED) is 0.0215. The van der Waals surface area contributed by atoms with Crippen molar-refractivity contribution < 1.29 is 50.0 Å². The van der Waals surface area contributed by atoms with Crippen molar-refractivity contribution in [3.63, 3.8) is 0 Å². The molecule has 1 amide bonds. The second kappa shape index (κ2) is 52.3. The van der Waals surface area contributed by atoms with Gasteiger partial charge in [0.25, 0.3) is 0 Å². The van der Waals surface area contributed by atoms with E-state index in [0.717, 1.165) is 44.9 Å². The first-order chi connectivity index (χ1) is 36.2. The third kappa shape index (κ3) is 39.9. The van der Waals surface area contributed by atoms with Crippen LogP contribution in [-0.4, -0.2) is 110 Å². The Hall–Kier alpha value is -1.41. The number of nitrogens with one attached hydrogen (secondary N) is 1. The Morgan fingerprint density at radius 2 is 0.811 bits per heavy atom. The molecule has 1 aliphatic heterocycles. The summed E-state index contributed by atoms with van der Waals surface area (Å²) in [5, 5.41) is 76.3. The van der Waals surface area contributed by atoms with Crippen molar-refractivity contribution in [1.82, 2.24) is 5.32 Å². The van der Waals surface area contributed by atoms with Crippen molar-refractivity contribution in [3.05, 3.63) is 24.3 Å². The van der Waals surface area contributed by atoms with E-state index < -0.39 is 74.2 Å². The highest BCUT2D eigenvalue weighted by Gasteiger charge is 2.44. The minimum atomic E-state index is -1.66. The molecule has 1 heterocycles. The summed E-state index contributed by atoms with van der Waals surface area (Å²) in [6.07, 6.45) is 52.4. The van der Waals surface area contributed by atoms with Gasteiger partial charge in [0.15, 0.2) is 6.29 Å². The second-order valence-electron chi connectivity index (χ2n) is 22.5. The standard InChI is InChI=1S/C63H121NO10/c1-3-5-7-9-11-13-15-17-19-21-23-24-25-26-27-28-29-30-31-32-33-35-36-38-40-42-44-46-48-50-55(66)58(68)54(53-73-63-61(71)60(70)59(69)57(52-65)74-63)64-62(72)56(67)51-49-47-45-43-41-39-37-34-22-20-18-16-14-12-10-8-6-4-2/h12,14,16,18,54-61,63,65-71H,3-11,13,15,17,19-53H2,1-2H3,(H,64,72)/b14-12-,18-16-. The minimum absolute atomic E-state index is 0.256. The van der Waals surface area contributed by atoms with Crippen molar-refractivity contribution >= 4 is 5.91 Å². The molecule has 9 atom stereocenters. The van der Waals surface area contributed by atoms with Gasteiger partial charge in [0, 0.05) is 0 Å². The lowest BCUT2D eigenvalue weighted by molar-refractivity contribution is -0.303. The van der Waals surface area contributed by atoms with Gasteiger partial charge in [-0.2, -0.15) is 0 Å². The largest absolute Gasteiger partial charge is 0.394 e. The van der Waals surface area contributed by atoms with Crippen molar-refractivity contribution in [1.29, 1.82) is 0 Å².